The van der Waals surface area contributed by atoms with Crippen LogP contribution in [0, 0.1) is 6.92 Å². The molecule has 0 amide bonds. The van der Waals surface area contributed by atoms with E-state index in [4.69, 9.17) is 16.3 Å². The zero-order chi connectivity index (χ0) is 12.8. The molecule has 0 saturated carbocycles. The quantitative estimate of drug-likeness (QED) is 0.847. The number of aliphatic hydroxyl groups is 1. The summed E-state index contributed by atoms with van der Waals surface area (Å²) < 4.78 is 4.90. The highest BCUT2D eigenvalue weighted by Gasteiger charge is 2.08. The maximum absolute atomic E-state index is 9.61. The first-order valence-electron chi connectivity index (χ1n) is 5.63. The van der Waals surface area contributed by atoms with E-state index in [0.29, 0.717) is 13.2 Å². The molecule has 0 aliphatic carbocycles. The fraction of sp³-hybridized carbons (Fsp3) is 0.538. The molecule has 4 heteroatoms. The molecule has 0 heterocycles. The van der Waals surface area contributed by atoms with Crippen LogP contribution in [0.25, 0.3) is 0 Å². The van der Waals surface area contributed by atoms with E-state index in [1.165, 1.54) is 5.56 Å². The normalized spacial score (nSPS) is 13.1. The number of ether oxygens (including phenoxy) is 1. The SMILES string of the molecule is COCC(O)CN(C)Cc1ccc(Cl)c(C)c1. The average Bonchev–Trinajstić information content (AvgIpc) is 2.23. The zero-order valence-electron chi connectivity index (χ0n) is 10.6. The molecule has 0 aromatic heterocycles. The molecule has 1 N–H and O–H groups in total. The summed E-state index contributed by atoms with van der Waals surface area (Å²) in [6.07, 6.45) is -0.446. The van der Waals surface area contributed by atoms with E-state index in [9.17, 15) is 5.11 Å². The lowest BCUT2D eigenvalue weighted by Crippen LogP contribution is -2.31. The minimum absolute atomic E-state index is 0.365. The van der Waals surface area contributed by atoms with Gasteiger partial charge in [-0.2, -0.15) is 0 Å². The Morgan fingerprint density at radius 1 is 1.47 bits per heavy atom. The van der Waals surface area contributed by atoms with Gasteiger partial charge < -0.3 is 9.84 Å². The molecule has 3 nitrogen and oxygen atoms in total. The Morgan fingerprint density at radius 2 is 2.18 bits per heavy atom. The second kappa shape index (κ2) is 6.97. The number of aliphatic hydroxyl groups excluding tert-OH is 1. The molecule has 0 bridgehead atoms. The third kappa shape index (κ3) is 5.04. The maximum Gasteiger partial charge on any atom is 0.0900 e. The second-order valence-corrected chi connectivity index (χ2v) is 4.80. The third-order valence-electron chi connectivity index (χ3n) is 2.56. The highest BCUT2D eigenvalue weighted by Crippen LogP contribution is 2.17. The highest BCUT2D eigenvalue weighted by molar-refractivity contribution is 6.31. The van der Waals surface area contributed by atoms with Crippen LogP contribution >= 0.6 is 11.6 Å². The molecule has 17 heavy (non-hydrogen) atoms. The molecule has 0 aliphatic heterocycles. The molecule has 1 atom stereocenters. The van der Waals surface area contributed by atoms with Gasteiger partial charge in [0.1, 0.15) is 0 Å². The van der Waals surface area contributed by atoms with Gasteiger partial charge in [0.2, 0.25) is 0 Å². The minimum atomic E-state index is -0.446. The Bertz CT molecular complexity index is 357. The largest absolute Gasteiger partial charge is 0.389 e. The number of nitrogens with zero attached hydrogens (tertiary/aromatic N) is 1. The smallest absolute Gasteiger partial charge is 0.0900 e. The van der Waals surface area contributed by atoms with Crippen LogP contribution in [0.1, 0.15) is 11.1 Å². The number of hydrogen-bond donors (Lipinski definition) is 1. The number of aryl methyl sites for hydroxylation is 1. The van der Waals surface area contributed by atoms with E-state index in [0.717, 1.165) is 17.1 Å². The van der Waals surface area contributed by atoms with Gasteiger partial charge in [-0.1, -0.05) is 23.7 Å². The Kier molecular flexibility index (Phi) is 5.92. The number of benzene rings is 1. The van der Waals surface area contributed by atoms with Gasteiger partial charge in [-0.05, 0) is 31.2 Å². The molecule has 1 unspecified atom stereocenters. The van der Waals surface area contributed by atoms with Gasteiger partial charge >= 0.3 is 0 Å². The number of hydrogen-bond acceptors (Lipinski definition) is 3. The van der Waals surface area contributed by atoms with Gasteiger partial charge in [0.25, 0.3) is 0 Å². The summed E-state index contributed by atoms with van der Waals surface area (Å²) in [5.74, 6) is 0. The molecule has 0 spiro atoms. The minimum Gasteiger partial charge on any atom is -0.389 e. The summed E-state index contributed by atoms with van der Waals surface area (Å²) in [5.41, 5.74) is 2.27. The molecule has 1 rings (SSSR count). The van der Waals surface area contributed by atoms with Gasteiger partial charge in [0, 0.05) is 25.2 Å². The first-order valence-corrected chi connectivity index (χ1v) is 6.01. The van der Waals surface area contributed by atoms with E-state index in [1.807, 2.05) is 26.1 Å². The van der Waals surface area contributed by atoms with Crippen LogP contribution in [0.5, 0.6) is 0 Å². The molecular weight excluding hydrogens is 238 g/mol. The van der Waals surface area contributed by atoms with Gasteiger partial charge in [0.15, 0.2) is 0 Å². The zero-order valence-corrected chi connectivity index (χ0v) is 11.4. The number of methoxy groups -OCH3 is 1. The van der Waals surface area contributed by atoms with Crippen LogP contribution in [0.3, 0.4) is 0 Å². The van der Waals surface area contributed by atoms with Crippen molar-refractivity contribution in [1.82, 2.24) is 4.90 Å². The number of likely N-dealkylation sites (N-methyl/N-ethyl adjacent to an activating group) is 1. The van der Waals surface area contributed by atoms with Crippen molar-refractivity contribution in [2.45, 2.75) is 19.6 Å². The Hall–Kier alpha value is -0.610. The van der Waals surface area contributed by atoms with Crippen LogP contribution in [0.2, 0.25) is 5.02 Å². The molecule has 0 fully saturated rings. The van der Waals surface area contributed by atoms with Gasteiger partial charge in [0.05, 0.1) is 12.7 Å². The van der Waals surface area contributed by atoms with Crippen LogP contribution < -0.4 is 0 Å². The Balaban J connectivity index is 2.50. The molecule has 96 valence electrons. The van der Waals surface area contributed by atoms with Gasteiger partial charge in [-0.25, -0.2) is 0 Å². The summed E-state index contributed by atoms with van der Waals surface area (Å²) in [6, 6.07) is 5.99. The molecule has 0 saturated heterocycles. The summed E-state index contributed by atoms with van der Waals surface area (Å²) in [5, 5.41) is 10.4. The van der Waals surface area contributed by atoms with E-state index < -0.39 is 6.10 Å². The highest BCUT2D eigenvalue weighted by atomic mass is 35.5. The van der Waals surface area contributed by atoms with Crippen LogP contribution in [-0.4, -0.2) is 43.4 Å². The lowest BCUT2D eigenvalue weighted by atomic mass is 10.1. The fourth-order valence-electron chi connectivity index (χ4n) is 1.79. The molecule has 1 aromatic carbocycles. The van der Waals surface area contributed by atoms with Crippen molar-refractivity contribution in [3.8, 4) is 0 Å². The fourth-order valence-corrected chi connectivity index (χ4v) is 1.90. The number of halogens is 1. The standard InChI is InChI=1S/C13H20ClNO2/c1-10-6-11(4-5-13(10)14)7-15(2)8-12(16)9-17-3/h4-6,12,16H,7-9H2,1-3H3. The van der Waals surface area contributed by atoms with Crippen LogP contribution in [-0.2, 0) is 11.3 Å². The van der Waals surface area contributed by atoms with Crippen LogP contribution in [0.15, 0.2) is 18.2 Å². The predicted octanol–water partition coefficient (Wildman–Crippen LogP) is 2.09. The topological polar surface area (TPSA) is 32.7 Å². The lowest BCUT2D eigenvalue weighted by Gasteiger charge is -2.20. The van der Waals surface area contributed by atoms with Crippen molar-refractivity contribution in [2.75, 3.05) is 27.3 Å². The van der Waals surface area contributed by atoms with E-state index in [-0.39, 0.29) is 0 Å². The van der Waals surface area contributed by atoms with E-state index >= 15 is 0 Å². The lowest BCUT2D eigenvalue weighted by molar-refractivity contribution is 0.0419. The monoisotopic (exact) mass is 257 g/mol. The van der Waals surface area contributed by atoms with Crippen molar-refractivity contribution in [2.24, 2.45) is 0 Å². The van der Waals surface area contributed by atoms with Gasteiger partial charge in [-0.3, -0.25) is 4.90 Å². The van der Waals surface area contributed by atoms with Crippen molar-refractivity contribution < 1.29 is 9.84 Å². The summed E-state index contributed by atoms with van der Waals surface area (Å²) in [7, 11) is 3.56. The first kappa shape index (κ1) is 14.5. The summed E-state index contributed by atoms with van der Waals surface area (Å²) >= 11 is 5.97. The van der Waals surface area contributed by atoms with Crippen LogP contribution in [0.4, 0.5) is 0 Å². The summed E-state index contributed by atoms with van der Waals surface area (Å²) in [6.45, 7) is 3.74. The Labute approximate surface area is 108 Å². The van der Waals surface area contributed by atoms with Crippen molar-refractivity contribution in [3.63, 3.8) is 0 Å². The Morgan fingerprint density at radius 3 is 2.76 bits per heavy atom. The van der Waals surface area contributed by atoms with Crippen molar-refractivity contribution in [1.29, 1.82) is 0 Å². The molecular formula is C13H20ClNO2. The first-order chi connectivity index (χ1) is 8.02. The van der Waals surface area contributed by atoms with Crippen molar-refractivity contribution >= 4 is 11.6 Å². The molecule has 0 aliphatic rings. The predicted molar refractivity (Wildman–Crippen MR) is 70.4 cm³/mol. The van der Waals surface area contributed by atoms with Crippen molar-refractivity contribution in [3.05, 3.63) is 34.3 Å². The maximum atomic E-state index is 9.61. The molecule has 1 aromatic rings. The summed E-state index contributed by atoms with van der Waals surface area (Å²) in [4.78, 5) is 2.06. The molecule has 0 radical (unpaired) electrons. The van der Waals surface area contributed by atoms with Gasteiger partial charge in [-0.15, -0.1) is 0 Å². The second-order valence-electron chi connectivity index (χ2n) is 4.39. The van der Waals surface area contributed by atoms with E-state index in [2.05, 4.69) is 11.0 Å². The average molecular weight is 258 g/mol. The van der Waals surface area contributed by atoms with E-state index in [1.54, 1.807) is 7.11 Å². The number of rotatable bonds is 6. The third-order valence-corrected chi connectivity index (χ3v) is 2.98.